The van der Waals surface area contributed by atoms with E-state index in [1.165, 1.54) is 36.0 Å². The molecule has 3 rings (SSSR count). The summed E-state index contributed by atoms with van der Waals surface area (Å²) in [5.74, 6) is 2.31. The van der Waals surface area contributed by atoms with Gasteiger partial charge in [-0.2, -0.15) is 15.0 Å². The number of aryl methyl sites for hydroxylation is 4. The van der Waals surface area contributed by atoms with Gasteiger partial charge in [-0.25, -0.2) is 0 Å². The maximum absolute atomic E-state index is 4.70. The first-order valence-corrected chi connectivity index (χ1v) is 8.91. The fourth-order valence-corrected chi connectivity index (χ4v) is 3.35. The topological polar surface area (TPSA) is 53.9 Å². The second-order valence-corrected chi connectivity index (χ2v) is 6.68. The monoisotopic (exact) mass is 325 g/mol. The van der Waals surface area contributed by atoms with Gasteiger partial charge in [-0.05, 0) is 51.2 Å². The normalized spacial score (nSPS) is 14.8. The van der Waals surface area contributed by atoms with Gasteiger partial charge in [0.2, 0.25) is 11.9 Å². The molecule has 1 aliphatic heterocycles. The van der Waals surface area contributed by atoms with Gasteiger partial charge in [0, 0.05) is 25.2 Å². The third-order valence-corrected chi connectivity index (χ3v) is 4.54. The van der Waals surface area contributed by atoms with E-state index in [-0.39, 0.29) is 0 Å². The van der Waals surface area contributed by atoms with Crippen LogP contribution in [-0.2, 0) is 6.42 Å². The lowest BCUT2D eigenvalue weighted by atomic mass is 10.1. The van der Waals surface area contributed by atoms with Gasteiger partial charge in [0.05, 0.1) is 0 Å². The molecule has 24 heavy (non-hydrogen) atoms. The van der Waals surface area contributed by atoms with Crippen LogP contribution in [0.2, 0.25) is 0 Å². The minimum absolute atomic E-state index is 0.650. The molecule has 128 valence electrons. The molecule has 1 N–H and O–H groups in total. The average molecular weight is 325 g/mol. The molecule has 1 aromatic carbocycles. The van der Waals surface area contributed by atoms with Gasteiger partial charge in [0.15, 0.2) is 0 Å². The molecule has 0 unspecified atom stereocenters. The van der Waals surface area contributed by atoms with Crippen molar-refractivity contribution in [3.05, 3.63) is 34.6 Å². The van der Waals surface area contributed by atoms with E-state index in [1.54, 1.807) is 0 Å². The second-order valence-electron chi connectivity index (χ2n) is 6.68. The number of nitrogens with zero attached hydrogens (tertiary/aromatic N) is 4. The zero-order chi connectivity index (χ0) is 17.1. The Balaban J connectivity index is 1.93. The number of benzene rings is 1. The Hall–Kier alpha value is -2.17. The second kappa shape index (κ2) is 7.16. The van der Waals surface area contributed by atoms with Crippen molar-refractivity contribution >= 4 is 17.6 Å². The molecule has 2 aromatic rings. The van der Waals surface area contributed by atoms with Crippen LogP contribution in [0.3, 0.4) is 0 Å². The summed E-state index contributed by atoms with van der Waals surface area (Å²) in [6, 6.07) is 4.37. The Kier molecular flexibility index (Phi) is 4.97. The van der Waals surface area contributed by atoms with Crippen molar-refractivity contribution in [2.45, 2.75) is 53.4 Å². The van der Waals surface area contributed by atoms with Crippen LogP contribution in [0.25, 0.3) is 0 Å². The van der Waals surface area contributed by atoms with Crippen LogP contribution in [-0.4, -0.2) is 28.0 Å². The van der Waals surface area contributed by atoms with Crippen LogP contribution in [0.5, 0.6) is 0 Å². The maximum atomic E-state index is 4.70. The van der Waals surface area contributed by atoms with Crippen molar-refractivity contribution in [1.29, 1.82) is 0 Å². The summed E-state index contributed by atoms with van der Waals surface area (Å²) in [5.41, 5.74) is 4.80. The third kappa shape index (κ3) is 3.66. The smallest absolute Gasteiger partial charge is 0.232 e. The zero-order valence-corrected chi connectivity index (χ0v) is 15.2. The van der Waals surface area contributed by atoms with Crippen LogP contribution in [0.15, 0.2) is 12.1 Å². The van der Waals surface area contributed by atoms with E-state index in [4.69, 9.17) is 4.98 Å². The van der Waals surface area contributed by atoms with Crippen LogP contribution in [0.1, 0.15) is 48.7 Å². The van der Waals surface area contributed by atoms with Gasteiger partial charge in [-0.3, -0.25) is 0 Å². The SMILES string of the molecule is CCc1nc(Nc2c(C)cc(C)cc2C)nc(N2CCCCC2)n1. The molecule has 0 atom stereocenters. The Bertz CT molecular complexity index is 697. The van der Waals surface area contributed by atoms with Crippen LogP contribution < -0.4 is 10.2 Å². The Morgan fingerprint density at radius 1 is 0.958 bits per heavy atom. The van der Waals surface area contributed by atoms with Crippen LogP contribution >= 0.6 is 0 Å². The molecule has 0 aliphatic carbocycles. The molecule has 2 heterocycles. The number of hydrogen-bond acceptors (Lipinski definition) is 5. The molecule has 0 spiro atoms. The van der Waals surface area contributed by atoms with E-state index in [9.17, 15) is 0 Å². The first-order chi connectivity index (χ1) is 11.6. The highest BCUT2D eigenvalue weighted by Gasteiger charge is 2.16. The summed E-state index contributed by atoms with van der Waals surface area (Å²) in [5, 5.41) is 3.43. The average Bonchev–Trinajstić information content (AvgIpc) is 2.58. The van der Waals surface area contributed by atoms with Crippen LogP contribution in [0, 0.1) is 20.8 Å². The van der Waals surface area contributed by atoms with Gasteiger partial charge in [-0.15, -0.1) is 0 Å². The highest BCUT2D eigenvalue weighted by atomic mass is 15.3. The summed E-state index contributed by atoms with van der Waals surface area (Å²) in [7, 11) is 0. The molecule has 1 saturated heterocycles. The standard InChI is InChI=1S/C19H27N5/c1-5-16-20-18(22-17-14(3)11-13(2)12-15(17)4)23-19(21-16)24-9-7-6-8-10-24/h11-12H,5-10H2,1-4H3,(H,20,21,22,23). The Labute approximate surface area is 144 Å². The summed E-state index contributed by atoms with van der Waals surface area (Å²) in [6.07, 6.45) is 4.54. The molecule has 0 amide bonds. The first kappa shape index (κ1) is 16.7. The quantitative estimate of drug-likeness (QED) is 0.917. The molecule has 5 heteroatoms. The Morgan fingerprint density at radius 2 is 1.62 bits per heavy atom. The fourth-order valence-electron chi connectivity index (χ4n) is 3.35. The lowest BCUT2D eigenvalue weighted by Gasteiger charge is -2.27. The van der Waals surface area contributed by atoms with Crippen molar-refractivity contribution in [2.24, 2.45) is 0 Å². The van der Waals surface area contributed by atoms with Crippen molar-refractivity contribution in [3.8, 4) is 0 Å². The first-order valence-electron chi connectivity index (χ1n) is 8.91. The molecule has 1 aliphatic rings. The van der Waals surface area contributed by atoms with Gasteiger partial charge in [0.25, 0.3) is 0 Å². The Morgan fingerprint density at radius 3 is 2.25 bits per heavy atom. The van der Waals surface area contributed by atoms with Gasteiger partial charge in [-0.1, -0.05) is 24.6 Å². The lowest BCUT2D eigenvalue weighted by molar-refractivity contribution is 0.566. The summed E-state index contributed by atoms with van der Waals surface area (Å²) < 4.78 is 0. The predicted octanol–water partition coefficient (Wildman–Crippen LogP) is 4.09. The number of rotatable bonds is 4. The molecule has 0 bridgehead atoms. The number of piperidine rings is 1. The van der Waals surface area contributed by atoms with E-state index in [0.717, 1.165) is 37.0 Å². The van der Waals surface area contributed by atoms with Crippen molar-refractivity contribution in [2.75, 3.05) is 23.3 Å². The van der Waals surface area contributed by atoms with E-state index in [0.29, 0.717) is 5.95 Å². The van der Waals surface area contributed by atoms with Crippen molar-refractivity contribution < 1.29 is 0 Å². The lowest BCUT2D eigenvalue weighted by Crippen LogP contribution is -2.31. The summed E-state index contributed by atoms with van der Waals surface area (Å²) in [6.45, 7) is 10.5. The fraction of sp³-hybridized carbons (Fsp3) is 0.526. The minimum Gasteiger partial charge on any atom is -0.341 e. The molecular weight excluding hydrogens is 298 g/mol. The zero-order valence-electron chi connectivity index (χ0n) is 15.2. The number of hydrogen-bond donors (Lipinski definition) is 1. The summed E-state index contributed by atoms with van der Waals surface area (Å²) >= 11 is 0. The van der Waals surface area contributed by atoms with E-state index in [2.05, 4.69) is 60.0 Å². The molecule has 1 fully saturated rings. The highest BCUT2D eigenvalue weighted by Crippen LogP contribution is 2.25. The molecule has 1 aromatic heterocycles. The molecule has 0 radical (unpaired) electrons. The summed E-state index contributed by atoms with van der Waals surface area (Å²) in [4.78, 5) is 16.2. The maximum Gasteiger partial charge on any atom is 0.232 e. The van der Waals surface area contributed by atoms with Crippen molar-refractivity contribution in [1.82, 2.24) is 15.0 Å². The van der Waals surface area contributed by atoms with E-state index in [1.807, 2.05) is 0 Å². The number of anilines is 3. The molecular formula is C19H27N5. The molecule has 0 saturated carbocycles. The predicted molar refractivity (Wildman–Crippen MR) is 99.2 cm³/mol. The number of aromatic nitrogens is 3. The highest BCUT2D eigenvalue weighted by molar-refractivity contribution is 5.64. The molecule has 5 nitrogen and oxygen atoms in total. The van der Waals surface area contributed by atoms with Gasteiger partial charge in [0.1, 0.15) is 5.82 Å². The van der Waals surface area contributed by atoms with Crippen molar-refractivity contribution in [3.63, 3.8) is 0 Å². The van der Waals surface area contributed by atoms with Crippen LogP contribution in [0.4, 0.5) is 17.6 Å². The van der Waals surface area contributed by atoms with Gasteiger partial charge >= 0.3 is 0 Å². The van der Waals surface area contributed by atoms with Gasteiger partial charge < -0.3 is 10.2 Å². The minimum atomic E-state index is 0.650. The third-order valence-electron chi connectivity index (χ3n) is 4.54. The largest absolute Gasteiger partial charge is 0.341 e. The van der Waals surface area contributed by atoms with E-state index >= 15 is 0 Å². The van der Waals surface area contributed by atoms with E-state index < -0.39 is 0 Å². The number of nitrogens with one attached hydrogen (secondary N) is 1.